The third kappa shape index (κ3) is 4.32. The van der Waals surface area contributed by atoms with Gasteiger partial charge in [-0.3, -0.25) is 0 Å². The van der Waals surface area contributed by atoms with Crippen molar-refractivity contribution >= 4 is 11.6 Å². The summed E-state index contributed by atoms with van der Waals surface area (Å²) in [7, 11) is 0. The number of hydrogen-bond donors (Lipinski definition) is 2. The van der Waals surface area contributed by atoms with E-state index >= 15 is 0 Å². The highest BCUT2D eigenvalue weighted by Crippen LogP contribution is 2.18. The summed E-state index contributed by atoms with van der Waals surface area (Å²) in [5.41, 5.74) is 3.72. The van der Waals surface area contributed by atoms with E-state index in [2.05, 4.69) is 70.8 Å². The van der Waals surface area contributed by atoms with Crippen LogP contribution in [0, 0.1) is 6.92 Å². The Labute approximate surface area is 143 Å². The largest absolute Gasteiger partial charge is 0.366 e. The highest BCUT2D eigenvalue weighted by molar-refractivity contribution is 5.48. The molecule has 1 unspecified atom stereocenters. The standard InChI is InChI=1S/C20H22N4/c1-15-8-10-17(11-9-15)13-21-19-12-20(23-14-22-19)24-16(2)18-6-4-3-5-7-18/h3-12,14,16H,13H2,1-2H3,(H2,21,22,23,24). The first-order valence-electron chi connectivity index (χ1n) is 8.13. The molecule has 2 N–H and O–H groups in total. The summed E-state index contributed by atoms with van der Waals surface area (Å²) in [5, 5.41) is 6.76. The Morgan fingerprint density at radius 1 is 0.917 bits per heavy atom. The Morgan fingerprint density at radius 2 is 1.62 bits per heavy atom. The lowest BCUT2D eigenvalue weighted by Gasteiger charge is -2.15. The molecule has 1 heterocycles. The number of aryl methyl sites for hydroxylation is 1. The summed E-state index contributed by atoms with van der Waals surface area (Å²) < 4.78 is 0. The third-order valence-electron chi connectivity index (χ3n) is 3.93. The van der Waals surface area contributed by atoms with Crippen molar-refractivity contribution in [2.45, 2.75) is 26.4 Å². The summed E-state index contributed by atoms with van der Waals surface area (Å²) in [6, 6.07) is 20.9. The van der Waals surface area contributed by atoms with Gasteiger partial charge in [-0.1, -0.05) is 60.2 Å². The van der Waals surface area contributed by atoms with Crippen molar-refractivity contribution in [3.05, 3.63) is 83.7 Å². The van der Waals surface area contributed by atoms with E-state index in [1.807, 2.05) is 24.3 Å². The van der Waals surface area contributed by atoms with Gasteiger partial charge in [-0.2, -0.15) is 0 Å². The highest BCUT2D eigenvalue weighted by Gasteiger charge is 2.06. The van der Waals surface area contributed by atoms with E-state index in [-0.39, 0.29) is 6.04 Å². The molecule has 24 heavy (non-hydrogen) atoms. The Morgan fingerprint density at radius 3 is 2.38 bits per heavy atom. The van der Waals surface area contributed by atoms with Crippen molar-refractivity contribution in [3.63, 3.8) is 0 Å². The summed E-state index contributed by atoms with van der Waals surface area (Å²) >= 11 is 0. The Balaban J connectivity index is 1.62. The molecule has 0 saturated carbocycles. The summed E-state index contributed by atoms with van der Waals surface area (Å²) in [6.07, 6.45) is 1.58. The van der Waals surface area contributed by atoms with Crippen LogP contribution in [0.3, 0.4) is 0 Å². The molecule has 0 saturated heterocycles. The SMILES string of the molecule is Cc1ccc(CNc2cc(NC(C)c3ccccc3)ncn2)cc1. The lowest BCUT2D eigenvalue weighted by Crippen LogP contribution is -2.09. The third-order valence-corrected chi connectivity index (χ3v) is 3.93. The highest BCUT2D eigenvalue weighted by atomic mass is 15.1. The fourth-order valence-electron chi connectivity index (χ4n) is 2.48. The van der Waals surface area contributed by atoms with Crippen molar-refractivity contribution in [3.8, 4) is 0 Å². The molecule has 4 heteroatoms. The van der Waals surface area contributed by atoms with Gasteiger partial charge in [0.2, 0.25) is 0 Å². The molecule has 0 fully saturated rings. The summed E-state index contributed by atoms with van der Waals surface area (Å²) in [4.78, 5) is 8.60. The maximum atomic E-state index is 4.31. The number of nitrogens with zero attached hydrogens (tertiary/aromatic N) is 2. The van der Waals surface area contributed by atoms with Gasteiger partial charge in [0.1, 0.15) is 18.0 Å². The maximum absolute atomic E-state index is 4.31. The first-order valence-corrected chi connectivity index (χ1v) is 8.13. The van der Waals surface area contributed by atoms with Gasteiger partial charge in [0.25, 0.3) is 0 Å². The second-order valence-electron chi connectivity index (χ2n) is 5.90. The average molecular weight is 318 g/mol. The molecule has 0 aliphatic carbocycles. The number of benzene rings is 2. The van der Waals surface area contributed by atoms with Crippen molar-refractivity contribution in [1.82, 2.24) is 9.97 Å². The van der Waals surface area contributed by atoms with Gasteiger partial charge in [-0.05, 0) is 25.0 Å². The van der Waals surface area contributed by atoms with Crippen molar-refractivity contribution < 1.29 is 0 Å². The van der Waals surface area contributed by atoms with Gasteiger partial charge < -0.3 is 10.6 Å². The zero-order chi connectivity index (χ0) is 16.8. The van der Waals surface area contributed by atoms with Crippen LogP contribution in [0.25, 0.3) is 0 Å². The second kappa shape index (κ2) is 7.59. The van der Waals surface area contributed by atoms with Crippen molar-refractivity contribution in [1.29, 1.82) is 0 Å². The van der Waals surface area contributed by atoms with Crippen LogP contribution in [-0.2, 0) is 6.54 Å². The molecular formula is C20H22N4. The van der Waals surface area contributed by atoms with Crippen LogP contribution in [-0.4, -0.2) is 9.97 Å². The zero-order valence-corrected chi connectivity index (χ0v) is 14.0. The predicted molar refractivity (Wildman–Crippen MR) is 99.0 cm³/mol. The molecule has 3 rings (SSSR count). The van der Waals surface area contributed by atoms with Gasteiger partial charge in [-0.15, -0.1) is 0 Å². The number of hydrogen-bond acceptors (Lipinski definition) is 4. The fraction of sp³-hybridized carbons (Fsp3) is 0.200. The van der Waals surface area contributed by atoms with Gasteiger partial charge >= 0.3 is 0 Å². The molecule has 1 atom stereocenters. The van der Waals surface area contributed by atoms with E-state index in [0.717, 1.165) is 18.2 Å². The first-order chi connectivity index (χ1) is 11.7. The lowest BCUT2D eigenvalue weighted by atomic mass is 10.1. The Kier molecular flexibility index (Phi) is 5.06. The van der Waals surface area contributed by atoms with Crippen LogP contribution >= 0.6 is 0 Å². The first kappa shape index (κ1) is 16.0. The molecule has 122 valence electrons. The van der Waals surface area contributed by atoms with E-state index in [1.165, 1.54) is 16.7 Å². The number of aromatic nitrogens is 2. The van der Waals surface area contributed by atoms with Crippen LogP contribution in [0.5, 0.6) is 0 Å². The lowest BCUT2D eigenvalue weighted by molar-refractivity contribution is 0.871. The van der Waals surface area contributed by atoms with Crippen LogP contribution < -0.4 is 10.6 Å². The van der Waals surface area contributed by atoms with E-state index in [9.17, 15) is 0 Å². The molecule has 0 amide bonds. The minimum atomic E-state index is 0.186. The average Bonchev–Trinajstić information content (AvgIpc) is 2.62. The van der Waals surface area contributed by atoms with Gasteiger partial charge in [0, 0.05) is 18.7 Å². The molecule has 1 aromatic heterocycles. The van der Waals surface area contributed by atoms with Crippen molar-refractivity contribution in [2.24, 2.45) is 0 Å². The smallest absolute Gasteiger partial charge is 0.131 e. The van der Waals surface area contributed by atoms with Gasteiger partial charge in [-0.25, -0.2) is 9.97 Å². The topological polar surface area (TPSA) is 49.8 Å². The van der Waals surface area contributed by atoms with E-state index in [4.69, 9.17) is 0 Å². The monoisotopic (exact) mass is 318 g/mol. The summed E-state index contributed by atoms with van der Waals surface area (Å²) in [5.74, 6) is 1.63. The normalized spacial score (nSPS) is 11.8. The Hall–Kier alpha value is -2.88. The molecule has 0 bridgehead atoms. The maximum Gasteiger partial charge on any atom is 0.131 e. The molecule has 0 aliphatic rings. The predicted octanol–water partition coefficient (Wildman–Crippen LogP) is 4.57. The minimum Gasteiger partial charge on any atom is -0.366 e. The molecule has 0 aliphatic heterocycles. The van der Waals surface area contributed by atoms with Gasteiger partial charge in [0.05, 0.1) is 0 Å². The second-order valence-corrected chi connectivity index (χ2v) is 5.90. The van der Waals surface area contributed by atoms with Crippen LogP contribution in [0.2, 0.25) is 0 Å². The Bertz CT molecular complexity index is 769. The number of nitrogens with one attached hydrogen (secondary N) is 2. The van der Waals surface area contributed by atoms with E-state index in [1.54, 1.807) is 6.33 Å². The van der Waals surface area contributed by atoms with Crippen LogP contribution in [0.1, 0.15) is 29.7 Å². The molecule has 0 radical (unpaired) electrons. The molecular weight excluding hydrogens is 296 g/mol. The number of rotatable bonds is 6. The quantitative estimate of drug-likeness (QED) is 0.699. The molecule has 4 nitrogen and oxygen atoms in total. The van der Waals surface area contributed by atoms with Gasteiger partial charge in [0.15, 0.2) is 0 Å². The summed E-state index contributed by atoms with van der Waals surface area (Å²) in [6.45, 7) is 4.95. The van der Waals surface area contributed by atoms with E-state index < -0.39 is 0 Å². The fourth-order valence-corrected chi connectivity index (χ4v) is 2.48. The van der Waals surface area contributed by atoms with E-state index in [0.29, 0.717) is 0 Å². The molecule has 3 aromatic rings. The number of anilines is 2. The minimum absolute atomic E-state index is 0.186. The van der Waals surface area contributed by atoms with Crippen LogP contribution in [0.15, 0.2) is 67.0 Å². The zero-order valence-electron chi connectivity index (χ0n) is 14.0. The van der Waals surface area contributed by atoms with Crippen molar-refractivity contribution in [2.75, 3.05) is 10.6 Å². The molecule has 2 aromatic carbocycles. The molecule has 0 spiro atoms. The van der Waals surface area contributed by atoms with Crippen LogP contribution in [0.4, 0.5) is 11.6 Å².